The lowest BCUT2D eigenvalue weighted by Gasteiger charge is -2.06. The molecule has 0 fully saturated rings. The number of carbonyl (C=O) groups is 2. The first-order chi connectivity index (χ1) is 11.6. The summed E-state index contributed by atoms with van der Waals surface area (Å²) in [6.07, 6.45) is 2.65. The summed E-state index contributed by atoms with van der Waals surface area (Å²) in [5.41, 5.74) is 1.22. The molecule has 0 aliphatic heterocycles. The smallest absolute Gasteiger partial charge is 0.331 e. The highest BCUT2D eigenvalue weighted by molar-refractivity contribution is 5.94. The zero-order valence-corrected chi connectivity index (χ0v) is 13.0. The molecule has 6 heteroatoms. The summed E-state index contributed by atoms with van der Waals surface area (Å²) < 4.78 is 22.6. The summed E-state index contributed by atoms with van der Waals surface area (Å²) in [5, 5.41) is 2.59. The number of carbonyl (C=O) groups excluding carboxylic acids is 2. The molecule has 0 aromatic heterocycles. The number of anilines is 1. The molecule has 0 aliphatic carbocycles. The summed E-state index contributed by atoms with van der Waals surface area (Å²) in [6.45, 7) is -0.404. The lowest BCUT2D eigenvalue weighted by Crippen LogP contribution is -2.20. The van der Waals surface area contributed by atoms with Crippen LogP contribution in [0.1, 0.15) is 5.56 Å². The van der Waals surface area contributed by atoms with Crippen LogP contribution < -0.4 is 10.1 Å². The van der Waals surface area contributed by atoms with E-state index in [-0.39, 0.29) is 5.82 Å². The average Bonchev–Trinajstić information content (AvgIpc) is 2.60. The van der Waals surface area contributed by atoms with E-state index in [9.17, 15) is 14.0 Å². The molecule has 0 heterocycles. The molecule has 2 aromatic carbocycles. The second kappa shape index (κ2) is 8.47. The van der Waals surface area contributed by atoms with Crippen molar-refractivity contribution in [2.24, 2.45) is 0 Å². The highest BCUT2D eigenvalue weighted by Gasteiger charge is 2.06. The molecule has 0 unspecified atom stereocenters. The molecule has 2 rings (SSSR count). The van der Waals surface area contributed by atoms with Crippen LogP contribution in [0.4, 0.5) is 10.1 Å². The van der Waals surface area contributed by atoms with Gasteiger partial charge in [0.1, 0.15) is 11.6 Å². The van der Waals surface area contributed by atoms with Crippen molar-refractivity contribution in [3.8, 4) is 5.75 Å². The van der Waals surface area contributed by atoms with E-state index >= 15 is 0 Å². The fraction of sp³-hybridized carbons (Fsp3) is 0.111. The standard InChI is InChI=1S/C18H16FNO4/c1-23-16-9-7-15(8-10-16)20-17(21)12-24-18(22)11-4-13-2-5-14(19)6-3-13/h2-11H,12H2,1H3,(H,20,21). The Labute approximate surface area is 138 Å². The molecule has 0 radical (unpaired) electrons. The van der Waals surface area contributed by atoms with Crippen LogP contribution in [-0.4, -0.2) is 25.6 Å². The van der Waals surface area contributed by atoms with Crippen molar-refractivity contribution in [2.75, 3.05) is 19.0 Å². The summed E-state index contributed by atoms with van der Waals surface area (Å²) >= 11 is 0. The predicted molar refractivity (Wildman–Crippen MR) is 88.0 cm³/mol. The average molecular weight is 329 g/mol. The van der Waals surface area contributed by atoms with E-state index in [1.54, 1.807) is 31.4 Å². The largest absolute Gasteiger partial charge is 0.497 e. The van der Waals surface area contributed by atoms with Crippen molar-refractivity contribution >= 4 is 23.6 Å². The third-order valence-corrected chi connectivity index (χ3v) is 3.00. The Hall–Kier alpha value is -3.15. The maximum atomic E-state index is 12.7. The van der Waals surface area contributed by atoms with Gasteiger partial charge in [-0.15, -0.1) is 0 Å². The van der Waals surface area contributed by atoms with Crippen molar-refractivity contribution in [3.63, 3.8) is 0 Å². The van der Waals surface area contributed by atoms with E-state index in [1.807, 2.05) is 0 Å². The lowest BCUT2D eigenvalue weighted by atomic mass is 10.2. The van der Waals surface area contributed by atoms with Gasteiger partial charge in [0, 0.05) is 11.8 Å². The van der Waals surface area contributed by atoms with Crippen molar-refractivity contribution in [1.29, 1.82) is 0 Å². The van der Waals surface area contributed by atoms with Crippen LogP contribution in [0.5, 0.6) is 5.75 Å². The van der Waals surface area contributed by atoms with Gasteiger partial charge in [-0.1, -0.05) is 12.1 Å². The van der Waals surface area contributed by atoms with Crippen molar-refractivity contribution in [3.05, 3.63) is 66.0 Å². The summed E-state index contributed by atoms with van der Waals surface area (Å²) in [4.78, 5) is 23.2. The number of benzene rings is 2. The van der Waals surface area contributed by atoms with Gasteiger partial charge in [0.05, 0.1) is 7.11 Å². The van der Waals surface area contributed by atoms with Gasteiger partial charge in [0.2, 0.25) is 0 Å². The molecule has 0 aliphatic rings. The molecule has 124 valence electrons. The number of amides is 1. The number of methoxy groups -OCH3 is 1. The Morgan fingerprint density at radius 1 is 1.08 bits per heavy atom. The molecule has 0 saturated heterocycles. The number of esters is 1. The second-order valence-corrected chi connectivity index (χ2v) is 4.77. The molecule has 0 saturated carbocycles. The van der Waals surface area contributed by atoms with Gasteiger partial charge >= 0.3 is 5.97 Å². The third kappa shape index (κ3) is 5.57. The predicted octanol–water partition coefficient (Wildman–Crippen LogP) is 3.03. The lowest BCUT2D eigenvalue weighted by molar-refractivity contribution is -0.142. The minimum absolute atomic E-state index is 0.357. The molecule has 0 atom stereocenters. The van der Waals surface area contributed by atoms with Gasteiger partial charge < -0.3 is 14.8 Å². The van der Waals surface area contributed by atoms with Crippen LogP contribution in [0, 0.1) is 5.82 Å². The Kier molecular flexibility index (Phi) is 6.08. The first-order valence-corrected chi connectivity index (χ1v) is 7.11. The van der Waals surface area contributed by atoms with Gasteiger partial charge in [-0.2, -0.15) is 0 Å². The van der Waals surface area contributed by atoms with Gasteiger partial charge in [-0.05, 0) is 48.0 Å². The van der Waals surface area contributed by atoms with Crippen LogP contribution >= 0.6 is 0 Å². The van der Waals surface area contributed by atoms with Crippen LogP contribution in [0.15, 0.2) is 54.6 Å². The number of ether oxygens (including phenoxy) is 2. The van der Waals surface area contributed by atoms with Crippen LogP contribution in [0.25, 0.3) is 6.08 Å². The normalized spacial score (nSPS) is 10.4. The van der Waals surface area contributed by atoms with Crippen LogP contribution in [0.2, 0.25) is 0 Å². The van der Waals surface area contributed by atoms with E-state index in [4.69, 9.17) is 9.47 Å². The molecule has 0 bridgehead atoms. The Balaban J connectivity index is 1.78. The Morgan fingerprint density at radius 2 is 1.75 bits per heavy atom. The van der Waals surface area contributed by atoms with Gasteiger partial charge in [0.15, 0.2) is 6.61 Å². The molecule has 1 amide bonds. The molecular formula is C18H16FNO4. The maximum Gasteiger partial charge on any atom is 0.331 e. The van der Waals surface area contributed by atoms with Crippen molar-refractivity contribution in [1.82, 2.24) is 0 Å². The molecule has 5 nitrogen and oxygen atoms in total. The van der Waals surface area contributed by atoms with Crippen LogP contribution in [0.3, 0.4) is 0 Å². The molecule has 24 heavy (non-hydrogen) atoms. The van der Waals surface area contributed by atoms with Crippen molar-refractivity contribution < 1.29 is 23.5 Å². The first kappa shape index (κ1) is 17.2. The number of halogens is 1. The number of hydrogen-bond acceptors (Lipinski definition) is 4. The van der Waals surface area contributed by atoms with Gasteiger partial charge in [-0.25, -0.2) is 9.18 Å². The topological polar surface area (TPSA) is 64.6 Å². The Bertz CT molecular complexity index is 724. The summed E-state index contributed by atoms with van der Waals surface area (Å²) in [5.74, 6) is -0.803. The SMILES string of the molecule is COc1ccc(NC(=O)COC(=O)C=Cc2ccc(F)cc2)cc1. The number of rotatable bonds is 6. The quantitative estimate of drug-likeness (QED) is 0.653. The summed E-state index contributed by atoms with van der Waals surface area (Å²) in [6, 6.07) is 12.4. The van der Waals surface area contributed by atoms with E-state index in [0.29, 0.717) is 17.0 Å². The fourth-order valence-corrected chi connectivity index (χ4v) is 1.79. The van der Waals surface area contributed by atoms with Gasteiger partial charge in [0.25, 0.3) is 5.91 Å². The molecule has 2 aromatic rings. The summed E-state index contributed by atoms with van der Waals surface area (Å²) in [7, 11) is 1.55. The van der Waals surface area contributed by atoms with Crippen LogP contribution in [-0.2, 0) is 14.3 Å². The van der Waals surface area contributed by atoms with Gasteiger partial charge in [-0.3, -0.25) is 4.79 Å². The maximum absolute atomic E-state index is 12.7. The fourth-order valence-electron chi connectivity index (χ4n) is 1.79. The first-order valence-electron chi connectivity index (χ1n) is 7.11. The molecular weight excluding hydrogens is 313 g/mol. The minimum Gasteiger partial charge on any atom is -0.497 e. The van der Waals surface area contributed by atoms with E-state index in [1.165, 1.54) is 36.4 Å². The number of hydrogen-bond donors (Lipinski definition) is 1. The second-order valence-electron chi connectivity index (χ2n) is 4.77. The monoisotopic (exact) mass is 329 g/mol. The Morgan fingerprint density at radius 3 is 2.38 bits per heavy atom. The minimum atomic E-state index is -0.663. The van der Waals surface area contributed by atoms with E-state index in [0.717, 1.165) is 0 Å². The highest BCUT2D eigenvalue weighted by atomic mass is 19.1. The third-order valence-electron chi connectivity index (χ3n) is 3.00. The number of nitrogens with one attached hydrogen (secondary N) is 1. The highest BCUT2D eigenvalue weighted by Crippen LogP contribution is 2.14. The molecule has 0 spiro atoms. The van der Waals surface area contributed by atoms with E-state index in [2.05, 4.69) is 5.32 Å². The zero-order valence-electron chi connectivity index (χ0n) is 13.0. The molecule has 1 N–H and O–H groups in total. The zero-order chi connectivity index (χ0) is 17.4. The van der Waals surface area contributed by atoms with E-state index < -0.39 is 18.5 Å². The van der Waals surface area contributed by atoms with Crippen molar-refractivity contribution in [2.45, 2.75) is 0 Å².